The van der Waals surface area contributed by atoms with Crippen molar-refractivity contribution in [3.8, 4) is 0 Å². The van der Waals surface area contributed by atoms with Crippen molar-refractivity contribution in [1.82, 2.24) is 4.31 Å². The third-order valence-electron chi connectivity index (χ3n) is 3.19. The molecule has 2 aromatic rings. The zero-order valence-corrected chi connectivity index (χ0v) is 15.7. The van der Waals surface area contributed by atoms with Crippen LogP contribution in [0.2, 0.25) is 5.02 Å². The normalized spacial score (nSPS) is 11.4. The Labute approximate surface area is 154 Å². The molecule has 0 unspecified atom stereocenters. The van der Waals surface area contributed by atoms with Crippen molar-refractivity contribution in [3.05, 3.63) is 46.3 Å². The van der Waals surface area contributed by atoms with E-state index in [2.05, 4.69) is 10.1 Å². The first-order valence-electron chi connectivity index (χ1n) is 6.93. The molecule has 134 valence electrons. The van der Waals surface area contributed by atoms with Gasteiger partial charge in [0, 0.05) is 7.05 Å². The van der Waals surface area contributed by atoms with E-state index in [1.807, 2.05) is 0 Å². The van der Waals surface area contributed by atoms with E-state index in [1.165, 1.54) is 38.4 Å². The summed E-state index contributed by atoms with van der Waals surface area (Å²) in [5.74, 6) is -1.17. The Morgan fingerprint density at radius 1 is 1.32 bits per heavy atom. The molecule has 1 N–H and O–H groups in total. The monoisotopic (exact) mass is 402 g/mol. The molecule has 0 atom stereocenters. The summed E-state index contributed by atoms with van der Waals surface area (Å²) in [4.78, 5) is 23.7. The van der Waals surface area contributed by atoms with Gasteiger partial charge >= 0.3 is 5.97 Å². The SMILES string of the molecule is COC(=O)c1ccc(Cl)c(NC(=O)CN(C)S(=O)(=O)c2cccs2)c1. The molecule has 25 heavy (non-hydrogen) atoms. The number of hydrogen-bond donors (Lipinski definition) is 1. The fraction of sp³-hybridized carbons (Fsp3) is 0.200. The van der Waals surface area contributed by atoms with Gasteiger partial charge in [0.2, 0.25) is 5.91 Å². The second kappa shape index (κ2) is 7.96. The summed E-state index contributed by atoms with van der Waals surface area (Å²) in [6.07, 6.45) is 0. The number of sulfonamides is 1. The van der Waals surface area contributed by atoms with Crippen LogP contribution in [-0.4, -0.2) is 45.3 Å². The average molecular weight is 403 g/mol. The van der Waals surface area contributed by atoms with Gasteiger partial charge in [-0.25, -0.2) is 13.2 Å². The maximum Gasteiger partial charge on any atom is 0.337 e. The molecular formula is C15H15ClN2O5S2. The number of ether oxygens (including phenoxy) is 1. The van der Waals surface area contributed by atoms with Crippen LogP contribution in [0.3, 0.4) is 0 Å². The van der Waals surface area contributed by atoms with Gasteiger partial charge in [0.15, 0.2) is 0 Å². The summed E-state index contributed by atoms with van der Waals surface area (Å²) in [5.41, 5.74) is 0.401. The number of halogens is 1. The molecule has 0 spiro atoms. The van der Waals surface area contributed by atoms with Gasteiger partial charge in [0.25, 0.3) is 10.0 Å². The molecular weight excluding hydrogens is 388 g/mol. The van der Waals surface area contributed by atoms with E-state index in [9.17, 15) is 18.0 Å². The van der Waals surface area contributed by atoms with Crippen LogP contribution in [0.1, 0.15) is 10.4 Å². The van der Waals surface area contributed by atoms with Crippen LogP contribution in [0.25, 0.3) is 0 Å². The highest BCUT2D eigenvalue weighted by Crippen LogP contribution is 2.24. The summed E-state index contributed by atoms with van der Waals surface area (Å²) in [6, 6.07) is 7.33. The van der Waals surface area contributed by atoms with E-state index in [0.29, 0.717) is 0 Å². The lowest BCUT2D eigenvalue weighted by Gasteiger charge is -2.16. The standard InChI is InChI=1S/C15H15ClN2O5S2/c1-18(25(21,22)14-4-3-7-24-14)9-13(19)17-12-8-10(15(20)23-2)5-6-11(12)16/h3-8H,9H2,1-2H3,(H,17,19). The summed E-state index contributed by atoms with van der Waals surface area (Å²) in [6.45, 7) is -0.404. The molecule has 0 aliphatic rings. The van der Waals surface area contributed by atoms with Gasteiger partial charge < -0.3 is 10.1 Å². The minimum atomic E-state index is -3.73. The topological polar surface area (TPSA) is 92.8 Å². The first-order chi connectivity index (χ1) is 11.8. The molecule has 0 aliphatic carbocycles. The number of esters is 1. The molecule has 1 amide bonds. The molecule has 10 heteroatoms. The number of nitrogens with zero attached hydrogens (tertiary/aromatic N) is 1. The Kier molecular flexibility index (Phi) is 6.17. The highest BCUT2D eigenvalue weighted by molar-refractivity contribution is 7.91. The van der Waals surface area contributed by atoms with Crippen molar-refractivity contribution >= 4 is 50.5 Å². The third kappa shape index (κ3) is 4.57. The Bertz CT molecular complexity index is 881. The van der Waals surface area contributed by atoms with Crippen LogP contribution in [-0.2, 0) is 19.6 Å². The number of rotatable bonds is 6. The fourth-order valence-electron chi connectivity index (χ4n) is 1.91. The van der Waals surface area contributed by atoms with E-state index in [0.717, 1.165) is 15.6 Å². The fourth-order valence-corrected chi connectivity index (χ4v) is 4.40. The minimum absolute atomic E-state index is 0.147. The second-order valence-electron chi connectivity index (χ2n) is 4.93. The number of hydrogen-bond acceptors (Lipinski definition) is 6. The maximum atomic E-state index is 12.3. The van der Waals surface area contributed by atoms with Crippen LogP contribution < -0.4 is 5.32 Å². The Morgan fingerprint density at radius 3 is 2.64 bits per heavy atom. The summed E-state index contributed by atoms with van der Waals surface area (Å²) < 4.78 is 30.3. The number of methoxy groups -OCH3 is 1. The zero-order valence-electron chi connectivity index (χ0n) is 13.4. The molecule has 1 heterocycles. The molecule has 0 fully saturated rings. The maximum absolute atomic E-state index is 12.3. The van der Waals surface area contributed by atoms with Crippen LogP contribution in [0.15, 0.2) is 39.9 Å². The summed E-state index contributed by atoms with van der Waals surface area (Å²) >= 11 is 7.06. The van der Waals surface area contributed by atoms with Crippen molar-refractivity contribution in [2.24, 2.45) is 0 Å². The number of thiophene rings is 1. The lowest BCUT2D eigenvalue weighted by atomic mass is 10.2. The molecule has 0 saturated carbocycles. The number of amides is 1. The predicted octanol–water partition coefficient (Wildman–Crippen LogP) is 2.45. The Balaban J connectivity index is 2.11. The lowest BCUT2D eigenvalue weighted by molar-refractivity contribution is -0.116. The molecule has 1 aromatic carbocycles. The summed E-state index contributed by atoms with van der Waals surface area (Å²) in [7, 11) is -1.19. The van der Waals surface area contributed by atoms with Crippen molar-refractivity contribution in [2.45, 2.75) is 4.21 Å². The van der Waals surface area contributed by atoms with Crippen LogP contribution in [0.5, 0.6) is 0 Å². The van der Waals surface area contributed by atoms with Gasteiger partial charge in [-0.15, -0.1) is 11.3 Å². The average Bonchev–Trinajstić information content (AvgIpc) is 3.11. The largest absolute Gasteiger partial charge is 0.465 e. The Morgan fingerprint density at radius 2 is 2.04 bits per heavy atom. The van der Waals surface area contributed by atoms with Crippen molar-refractivity contribution < 1.29 is 22.7 Å². The number of carbonyl (C=O) groups is 2. The molecule has 0 saturated heterocycles. The molecule has 0 bridgehead atoms. The van der Waals surface area contributed by atoms with E-state index in [4.69, 9.17) is 11.6 Å². The highest BCUT2D eigenvalue weighted by Gasteiger charge is 2.24. The van der Waals surface area contributed by atoms with E-state index in [1.54, 1.807) is 11.4 Å². The van der Waals surface area contributed by atoms with Gasteiger partial charge in [-0.1, -0.05) is 17.7 Å². The van der Waals surface area contributed by atoms with Crippen LogP contribution in [0.4, 0.5) is 5.69 Å². The number of carbonyl (C=O) groups excluding carboxylic acids is 2. The smallest absolute Gasteiger partial charge is 0.337 e. The number of likely N-dealkylation sites (N-methyl/N-ethyl adjacent to an activating group) is 1. The van der Waals surface area contributed by atoms with Crippen molar-refractivity contribution in [2.75, 3.05) is 26.0 Å². The molecule has 7 nitrogen and oxygen atoms in total. The van der Waals surface area contributed by atoms with Crippen LogP contribution >= 0.6 is 22.9 Å². The van der Waals surface area contributed by atoms with Gasteiger partial charge in [-0.05, 0) is 29.6 Å². The van der Waals surface area contributed by atoms with Gasteiger partial charge in [0.1, 0.15) is 4.21 Å². The molecule has 0 radical (unpaired) electrons. The van der Waals surface area contributed by atoms with E-state index >= 15 is 0 Å². The Hall–Kier alpha value is -1.94. The van der Waals surface area contributed by atoms with Gasteiger partial charge in [-0.2, -0.15) is 4.31 Å². The van der Waals surface area contributed by atoms with Crippen LogP contribution in [0, 0.1) is 0 Å². The van der Waals surface area contributed by atoms with E-state index in [-0.39, 0.29) is 20.5 Å². The predicted molar refractivity (Wildman–Crippen MR) is 95.6 cm³/mol. The minimum Gasteiger partial charge on any atom is -0.465 e. The van der Waals surface area contributed by atoms with E-state index < -0.39 is 28.4 Å². The zero-order chi connectivity index (χ0) is 18.6. The molecule has 0 aliphatic heterocycles. The number of nitrogens with one attached hydrogen (secondary N) is 1. The summed E-state index contributed by atoms with van der Waals surface area (Å²) in [5, 5.41) is 4.35. The molecule has 1 aromatic heterocycles. The third-order valence-corrected chi connectivity index (χ3v) is 6.69. The highest BCUT2D eigenvalue weighted by atomic mass is 35.5. The first-order valence-corrected chi connectivity index (χ1v) is 9.63. The van der Waals surface area contributed by atoms with Crippen molar-refractivity contribution in [3.63, 3.8) is 0 Å². The number of benzene rings is 1. The first kappa shape index (κ1) is 19.4. The number of anilines is 1. The van der Waals surface area contributed by atoms with Gasteiger partial charge in [-0.3, -0.25) is 4.79 Å². The lowest BCUT2D eigenvalue weighted by Crippen LogP contribution is -2.34. The van der Waals surface area contributed by atoms with Crippen molar-refractivity contribution in [1.29, 1.82) is 0 Å². The van der Waals surface area contributed by atoms with Gasteiger partial charge in [0.05, 0.1) is 29.9 Å². The molecule has 2 rings (SSSR count). The second-order valence-corrected chi connectivity index (χ2v) is 8.55. The quantitative estimate of drug-likeness (QED) is 0.749.